The van der Waals surface area contributed by atoms with E-state index in [4.69, 9.17) is 16.3 Å². The van der Waals surface area contributed by atoms with Crippen LogP contribution in [0.1, 0.15) is 40.0 Å². The number of halogens is 1. The van der Waals surface area contributed by atoms with Crippen LogP contribution in [0.2, 0.25) is 5.02 Å². The van der Waals surface area contributed by atoms with Gasteiger partial charge in [0.2, 0.25) is 5.91 Å². The number of carbonyl (C=O) groups excluding carboxylic acids is 3. The first-order chi connectivity index (χ1) is 17.8. The van der Waals surface area contributed by atoms with E-state index >= 15 is 0 Å². The molecule has 37 heavy (non-hydrogen) atoms. The highest BCUT2D eigenvalue weighted by molar-refractivity contribution is 6.30. The van der Waals surface area contributed by atoms with Crippen LogP contribution in [0.3, 0.4) is 0 Å². The third-order valence-corrected chi connectivity index (χ3v) is 6.46. The Labute approximate surface area is 220 Å². The van der Waals surface area contributed by atoms with Crippen LogP contribution in [-0.2, 0) is 4.79 Å². The van der Waals surface area contributed by atoms with Gasteiger partial charge in [-0.15, -0.1) is 0 Å². The molecule has 3 amide bonds. The van der Waals surface area contributed by atoms with Crippen molar-refractivity contribution in [3.8, 4) is 5.75 Å². The van der Waals surface area contributed by atoms with Gasteiger partial charge in [0.1, 0.15) is 11.6 Å². The summed E-state index contributed by atoms with van der Waals surface area (Å²) < 4.78 is 5.25. The largest absolute Gasteiger partial charge is 0.497 e. The van der Waals surface area contributed by atoms with E-state index in [1.807, 2.05) is 0 Å². The van der Waals surface area contributed by atoms with Crippen LogP contribution in [0.15, 0.2) is 60.8 Å². The maximum absolute atomic E-state index is 13.0. The molecular formula is C27H28ClN5O4. The fourth-order valence-electron chi connectivity index (χ4n) is 3.74. The third-order valence-electron chi connectivity index (χ3n) is 6.22. The van der Waals surface area contributed by atoms with Gasteiger partial charge in [-0.25, -0.2) is 4.98 Å². The molecule has 0 atom stereocenters. The van der Waals surface area contributed by atoms with Crippen molar-refractivity contribution in [2.45, 2.75) is 25.3 Å². The molecule has 3 N–H and O–H groups in total. The molecule has 9 nitrogen and oxygen atoms in total. The fraction of sp³-hybridized carbons (Fsp3) is 0.259. The van der Waals surface area contributed by atoms with Gasteiger partial charge in [0, 0.05) is 35.6 Å². The number of pyridine rings is 1. The van der Waals surface area contributed by atoms with Crippen molar-refractivity contribution in [1.29, 1.82) is 0 Å². The Morgan fingerprint density at radius 2 is 1.78 bits per heavy atom. The first-order valence-corrected chi connectivity index (χ1v) is 12.2. The number of benzene rings is 2. The first-order valence-electron chi connectivity index (χ1n) is 11.9. The summed E-state index contributed by atoms with van der Waals surface area (Å²) in [5, 5.41) is 9.14. The summed E-state index contributed by atoms with van der Waals surface area (Å²) in [4.78, 5) is 44.1. The molecule has 0 radical (unpaired) electrons. The standard InChI is InChI=1S/C27H28ClN5O4/c1-33(25(34)16-30-19-4-3-5-19)20-8-6-17(7-9-20)26(35)31-23-11-10-21(37-2)15-22(23)27(36)32-24-14-18(28)12-13-29-24/h6-15,19,30H,3-5,16H2,1-2H3,(H,31,35)(H,29,32,36). The van der Waals surface area contributed by atoms with Crippen LogP contribution in [-0.4, -0.2) is 49.4 Å². The molecule has 192 valence electrons. The number of likely N-dealkylation sites (N-methyl/N-ethyl adjacent to an activating group) is 1. The van der Waals surface area contributed by atoms with Crippen LogP contribution < -0.4 is 25.6 Å². The smallest absolute Gasteiger partial charge is 0.259 e. The van der Waals surface area contributed by atoms with Crippen molar-refractivity contribution in [1.82, 2.24) is 10.3 Å². The maximum atomic E-state index is 13.0. The Hall–Kier alpha value is -3.95. The zero-order valence-electron chi connectivity index (χ0n) is 20.6. The van der Waals surface area contributed by atoms with Crippen LogP contribution >= 0.6 is 11.6 Å². The summed E-state index contributed by atoms with van der Waals surface area (Å²) in [6.45, 7) is 0.274. The van der Waals surface area contributed by atoms with Crippen molar-refractivity contribution in [3.05, 3.63) is 76.9 Å². The Bertz CT molecular complexity index is 1290. The zero-order valence-corrected chi connectivity index (χ0v) is 21.3. The topological polar surface area (TPSA) is 113 Å². The summed E-state index contributed by atoms with van der Waals surface area (Å²) in [6.07, 6.45) is 4.89. The first kappa shape index (κ1) is 26.1. The molecule has 1 aromatic heterocycles. The molecule has 0 saturated heterocycles. The van der Waals surface area contributed by atoms with Crippen molar-refractivity contribution >= 4 is 46.5 Å². The van der Waals surface area contributed by atoms with Gasteiger partial charge >= 0.3 is 0 Å². The SMILES string of the molecule is COc1ccc(NC(=O)c2ccc(N(C)C(=O)CNC3CCC3)cc2)c(C(=O)Nc2cc(Cl)ccn2)c1. The molecule has 0 spiro atoms. The number of nitrogens with one attached hydrogen (secondary N) is 3. The minimum absolute atomic E-state index is 0.0489. The van der Waals surface area contributed by atoms with Gasteiger partial charge in [-0.2, -0.15) is 0 Å². The number of ether oxygens (including phenoxy) is 1. The molecule has 0 unspecified atom stereocenters. The highest BCUT2D eigenvalue weighted by Crippen LogP contribution is 2.25. The molecule has 4 rings (SSSR count). The Kier molecular flexibility index (Phi) is 8.37. The van der Waals surface area contributed by atoms with E-state index in [1.165, 1.54) is 31.9 Å². The van der Waals surface area contributed by atoms with Crippen molar-refractivity contribution in [2.75, 3.05) is 36.2 Å². The van der Waals surface area contributed by atoms with E-state index in [2.05, 4.69) is 20.9 Å². The number of anilines is 3. The van der Waals surface area contributed by atoms with Crippen molar-refractivity contribution < 1.29 is 19.1 Å². The molecule has 1 aliphatic carbocycles. The summed E-state index contributed by atoms with van der Waals surface area (Å²) in [5.74, 6) is -0.227. The third kappa shape index (κ3) is 6.63. The number of methoxy groups -OCH3 is 1. The van der Waals surface area contributed by atoms with Gasteiger partial charge in [0.15, 0.2) is 0 Å². The minimum atomic E-state index is -0.491. The molecule has 1 heterocycles. The molecule has 0 aliphatic heterocycles. The van der Waals surface area contributed by atoms with Gasteiger partial charge in [-0.05, 0) is 67.4 Å². The second-order valence-corrected chi connectivity index (χ2v) is 9.12. The molecule has 10 heteroatoms. The lowest BCUT2D eigenvalue weighted by Gasteiger charge is -2.27. The monoisotopic (exact) mass is 521 g/mol. The van der Waals surface area contributed by atoms with E-state index in [0.717, 1.165) is 12.8 Å². The molecule has 3 aromatic rings. The number of carbonyl (C=O) groups is 3. The van der Waals surface area contributed by atoms with Crippen LogP contribution in [0.25, 0.3) is 0 Å². The van der Waals surface area contributed by atoms with Crippen LogP contribution in [0.4, 0.5) is 17.2 Å². The fourth-order valence-corrected chi connectivity index (χ4v) is 3.90. The Balaban J connectivity index is 1.44. The van der Waals surface area contributed by atoms with Gasteiger partial charge in [-0.1, -0.05) is 18.0 Å². The molecule has 2 aromatic carbocycles. The quantitative estimate of drug-likeness (QED) is 0.386. The number of hydrogen-bond acceptors (Lipinski definition) is 6. The van der Waals surface area contributed by atoms with Crippen LogP contribution in [0.5, 0.6) is 5.75 Å². The molecule has 1 aliphatic rings. The molecule has 1 saturated carbocycles. The van der Waals surface area contributed by atoms with Crippen molar-refractivity contribution in [2.24, 2.45) is 0 Å². The highest BCUT2D eigenvalue weighted by atomic mass is 35.5. The van der Waals surface area contributed by atoms with E-state index in [-0.39, 0.29) is 23.8 Å². The lowest BCUT2D eigenvalue weighted by atomic mass is 9.93. The van der Waals surface area contributed by atoms with E-state index < -0.39 is 11.8 Å². The zero-order chi connectivity index (χ0) is 26.4. The molecule has 1 fully saturated rings. The summed E-state index contributed by atoms with van der Waals surface area (Å²) >= 11 is 5.98. The number of rotatable bonds is 9. The van der Waals surface area contributed by atoms with E-state index in [1.54, 1.807) is 54.4 Å². The Morgan fingerprint density at radius 1 is 1.03 bits per heavy atom. The lowest BCUT2D eigenvalue weighted by molar-refractivity contribution is -0.117. The minimum Gasteiger partial charge on any atom is -0.497 e. The number of hydrogen-bond donors (Lipinski definition) is 3. The number of amides is 3. The van der Waals surface area contributed by atoms with Crippen LogP contribution in [0, 0.1) is 0 Å². The van der Waals surface area contributed by atoms with Gasteiger partial charge in [-0.3, -0.25) is 14.4 Å². The summed E-state index contributed by atoms with van der Waals surface area (Å²) in [6, 6.07) is 15.0. The van der Waals surface area contributed by atoms with Gasteiger partial charge in [0.25, 0.3) is 11.8 Å². The van der Waals surface area contributed by atoms with Crippen molar-refractivity contribution in [3.63, 3.8) is 0 Å². The highest BCUT2D eigenvalue weighted by Gasteiger charge is 2.20. The summed E-state index contributed by atoms with van der Waals surface area (Å²) in [5.41, 5.74) is 1.53. The lowest BCUT2D eigenvalue weighted by Crippen LogP contribution is -2.42. The number of nitrogens with zero attached hydrogens (tertiary/aromatic N) is 2. The van der Waals surface area contributed by atoms with E-state index in [0.29, 0.717) is 33.8 Å². The molecular weight excluding hydrogens is 494 g/mol. The summed E-state index contributed by atoms with van der Waals surface area (Å²) in [7, 11) is 3.19. The maximum Gasteiger partial charge on any atom is 0.259 e. The predicted molar refractivity (Wildman–Crippen MR) is 144 cm³/mol. The molecule has 0 bridgehead atoms. The van der Waals surface area contributed by atoms with Gasteiger partial charge < -0.3 is 25.6 Å². The second kappa shape index (κ2) is 11.9. The average molecular weight is 522 g/mol. The van der Waals surface area contributed by atoms with E-state index in [9.17, 15) is 14.4 Å². The Morgan fingerprint density at radius 3 is 2.43 bits per heavy atom. The van der Waals surface area contributed by atoms with Gasteiger partial charge in [0.05, 0.1) is 24.9 Å². The second-order valence-electron chi connectivity index (χ2n) is 8.69. The normalized spacial score (nSPS) is 12.8. The predicted octanol–water partition coefficient (Wildman–Crippen LogP) is 4.35. The number of aromatic nitrogens is 1. The average Bonchev–Trinajstić information content (AvgIpc) is 2.87.